The van der Waals surface area contributed by atoms with Gasteiger partial charge in [-0.15, -0.1) is 0 Å². The first-order chi connectivity index (χ1) is 11.6. The molecule has 0 radical (unpaired) electrons. The molecule has 0 saturated heterocycles. The molecular weight excluding hydrogens is 302 g/mol. The zero-order chi connectivity index (χ0) is 18.3. The molecule has 0 unspecified atom stereocenters. The SMILES string of the molecule is C=C1C(=C)C(C)(C)/C1=C1\N(C)c2ccc3cc(C)ccc3c2C1(C)C. The van der Waals surface area contributed by atoms with E-state index in [1.807, 2.05) is 0 Å². The van der Waals surface area contributed by atoms with E-state index in [9.17, 15) is 0 Å². The zero-order valence-electron chi connectivity index (χ0n) is 16.2. The maximum Gasteiger partial charge on any atom is 0.0454 e. The number of hydrogen-bond acceptors (Lipinski definition) is 1. The predicted octanol–water partition coefficient (Wildman–Crippen LogP) is 6.28. The number of rotatable bonds is 0. The maximum absolute atomic E-state index is 4.32. The van der Waals surface area contributed by atoms with Crippen molar-refractivity contribution < 1.29 is 0 Å². The highest BCUT2D eigenvalue weighted by Crippen LogP contribution is 2.60. The van der Waals surface area contributed by atoms with Crippen molar-refractivity contribution in [3.63, 3.8) is 0 Å². The van der Waals surface area contributed by atoms with E-state index in [0.717, 1.165) is 11.1 Å². The molecule has 2 aliphatic rings. The summed E-state index contributed by atoms with van der Waals surface area (Å²) in [5.41, 5.74) is 8.99. The topological polar surface area (TPSA) is 3.24 Å². The summed E-state index contributed by atoms with van der Waals surface area (Å²) in [7, 11) is 2.19. The quantitative estimate of drug-likeness (QED) is 0.549. The smallest absolute Gasteiger partial charge is 0.0454 e. The summed E-state index contributed by atoms with van der Waals surface area (Å²) in [4.78, 5) is 2.38. The van der Waals surface area contributed by atoms with Crippen LogP contribution < -0.4 is 4.90 Å². The molecular formula is C24H27N. The van der Waals surface area contributed by atoms with Gasteiger partial charge < -0.3 is 4.90 Å². The van der Waals surface area contributed by atoms with Crippen LogP contribution >= 0.6 is 0 Å². The predicted molar refractivity (Wildman–Crippen MR) is 109 cm³/mol. The number of benzene rings is 2. The highest BCUT2D eigenvalue weighted by molar-refractivity contribution is 5.95. The Labute approximate surface area is 151 Å². The molecule has 1 heterocycles. The number of hydrogen-bond donors (Lipinski definition) is 0. The highest BCUT2D eigenvalue weighted by atomic mass is 15.2. The minimum atomic E-state index is -0.0604. The second-order valence-corrected chi connectivity index (χ2v) is 8.67. The van der Waals surface area contributed by atoms with Gasteiger partial charge in [0, 0.05) is 29.3 Å². The van der Waals surface area contributed by atoms with Gasteiger partial charge in [0.25, 0.3) is 0 Å². The van der Waals surface area contributed by atoms with Crippen molar-refractivity contribution in [3.05, 3.63) is 77.0 Å². The van der Waals surface area contributed by atoms with Crippen LogP contribution in [0.1, 0.15) is 38.8 Å². The third-order valence-electron chi connectivity index (χ3n) is 6.35. The number of likely N-dealkylation sites (N-methyl/N-ethyl adjacent to an activating group) is 1. The molecule has 0 aromatic heterocycles. The first kappa shape index (κ1) is 16.2. The molecule has 0 bridgehead atoms. The molecule has 0 N–H and O–H groups in total. The van der Waals surface area contributed by atoms with Crippen LogP contribution in [0.25, 0.3) is 10.8 Å². The second kappa shape index (κ2) is 4.66. The molecule has 1 aliphatic carbocycles. The van der Waals surface area contributed by atoms with E-state index in [1.165, 1.54) is 38.9 Å². The van der Waals surface area contributed by atoms with Crippen molar-refractivity contribution in [1.82, 2.24) is 0 Å². The fourth-order valence-corrected chi connectivity index (χ4v) is 4.95. The number of aryl methyl sites for hydroxylation is 1. The van der Waals surface area contributed by atoms with Gasteiger partial charge >= 0.3 is 0 Å². The summed E-state index contributed by atoms with van der Waals surface area (Å²) in [6, 6.07) is 11.3. The molecule has 0 atom stereocenters. The number of fused-ring (bicyclic) bond motifs is 3. The largest absolute Gasteiger partial charge is 0.347 e. The fourth-order valence-electron chi connectivity index (χ4n) is 4.95. The van der Waals surface area contributed by atoms with Crippen LogP contribution in [0, 0.1) is 12.3 Å². The van der Waals surface area contributed by atoms with Crippen LogP contribution in [-0.4, -0.2) is 7.05 Å². The van der Waals surface area contributed by atoms with Crippen molar-refractivity contribution in [2.45, 2.75) is 40.0 Å². The zero-order valence-corrected chi connectivity index (χ0v) is 16.2. The normalized spacial score (nSPS) is 23.8. The molecule has 0 amide bonds. The summed E-state index contributed by atoms with van der Waals surface area (Å²) in [5, 5.41) is 2.68. The Morgan fingerprint density at radius 2 is 1.60 bits per heavy atom. The molecule has 1 saturated carbocycles. The molecule has 1 nitrogen and oxygen atoms in total. The van der Waals surface area contributed by atoms with E-state index < -0.39 is 0 Å². The van der Waals surface area contributed by atoms with Gasteiger partial charge in [-0.25, -0.2) is 0 Å². The first-order valence-electron chi connectivity index (χ1n) is 9.00. The Kier molecular flexibility index (Phi) is 3.02. The molecule has 4 rings (SSSR count). The maximum atomic E-state index is 4.32. The molecule has 2 aromatic rings. The van der Waals surface area contributed by atoms with Crippen LogP contribution in [0.15, 0.2) is 65.9 Å². The molecule has 128 valence electrons. The van der Waals surface area contributed by atoms with Gasteiger partial charge in [-0.2, -0.15) is 0 Å². The van der Waals surface area contributed by atoms with Gasteiger partial charge in [0.2, 0.25) is 0 Å². The Balaban J connectivity index is 2.06. The van der Waals surface area contributed by atoms with Gasteiger partial charge in [-0.05, 0) is 46.0 Å². The van der Waals surface area contributed by atoms with Crippen molar-refractivity contribution in [1.29, 1.82) is 0 Å². The third-order valence-corrected chi connectivity index (χ3v) is 6.35. The lowest BCUT2D eigenvalue weighted by Gasteiger charge is -2.47. The molecule has 1 heteroatoms. The fraction of sp³-hybridized carbons (Fsp3) is 0.333. The molecule has 2 aromatic carbocycles. The van der Waals surface area contributed by atoms with E-state index in [4.69, 9.17) is 0 Å². The Hall–Kier alpha value is -2.28. The number of nitrogens with zero attached hydrogens (tertiary/aromatic N) is 1. The van der Waals surface area contributed by atoms with Crippen molar-refractivity contribution in [2.75, 3.05) is 11.9 Å². The van der Waals surface area contributed by atoms with Crippen molar-refractivity contribution in [2.24, 2.45) is 5.41 Å². The molecule has 25 heavy (non-hydrogen) atoms. The Morgan fingerprint density at radius 3 is 2.24 bits per heavy atom. The number of allylic oxidation sites excluding steroid dienone is 4. The molecule has 1 fully saturated rings. The monoisotopic (exact) mass is 329 g/mol. The van der Waals surface area contributed by atoms with Crippen LogP contribution in [0.3, 0.4) is 0 Å². The molecule has 0 spiro atoms. The van der Waals surface area contributed by atoms with E-state index >= 15 is 0 Å². The average molecular weight is 329 g/mol. The Morgan fingerprint density at radius 1 is 0.920 bits per heavy atom. The standard InChI is InChI=1S/C24H27N/c1-14-9-11-18-17(13-14)10-12-19-21(18)24(6,7)22(25(19)8)20-15(2)16(3)23(20,4)5/h9-13H,2-3H2,1,4-8H3/b22-20-. The van der Waals surface area contributed by atoms with E-state index in [0.29, 0.717) is 0 Å². The highest BCUT2D eigenvalue weighted by Gasteiger charge is 2.50. The van der Waals surface area contributed by atoms with Gasteiger partial charge in [-0.1, -0.05) is 70.7 Å². The van der Waals surface area contributed by atoms with Gasteiger partial charge in [0.05, 0.1) is 0 Å². The first-order valence-corrected chi connectivity index (χ1v) is 9.00. The summed E-state index contributed by atoms with van der Waals surface area (Å²) in [6.45, 7) is 19.9. The van der Waals surface area contributed by atoms with Crippen LogP contribution in [0.2, 0.25) is 0 Å². The summed E-state index contributed by atoms with van der Waals surface area (Å²) in [5.74, 6) is 0. The van der Waals surface area contributed by atoms with Gasteiger partial charge in [-0.3, -0.25) is 0 Å². The van der Waals surface area contributed by atoms with Gasteiger partial charge in [0.1, 0.15) is 0 Å². The van der Waals surface area contributed by atoms with E-state index in [2.05, 4.69) is 90.1 Å². The van der Waals surface area contributed by atoms with Crippen LogP contribution in [0.4, 0.5) is 5.69 Å². The van der Waals surface area contributed by atoms with Crippen LogP contribution in [0.5, 0.6) is 0 Å². The Bertz CT molecular complexity index is 998. The van der Waals surface area contributed by atoms with E-state index in [-0.39, 0.29) is 10.8 Å². The summed E-state index contributed by atoms with van der Waals surface area (Å²) in [6.07, 6.45) is 0. The van der Waals surface area contributed by atoms with E-state index in [1.54, 1.807) is 0 Å². The average Bonchev–Trinajstić information content (AvgIpc) is 2.74. The summed E-state index contributed by atoms with van der Waals surface area (Å²) >= 11 is 0. The second-order valence-electron chi connectivity index (χ2n) is 8.67. The minimum absolute atomic E-state index is 0.00756. The lowest BCUT2D eigenvalue weighted by Crippen LogP contribution is -2.38. The minimum Gasteiger partial charge on any atom is -0.347 e. The van der Waals surface area contributed by atoms with Crippen LogP contribution in [-0.2, 0) is 5.41 Å². The summed E-state index contributed by atoms with van der Waals surface area (Å²) < 4.78 is 0. The third kappa shape index (κ3) is 1.84. The number of anilines is 1. The molecule has 1 aliphatic heterocycles. The van der Waals surface area contributed by atoms with Gasteiger partial charge in [0.15, 0.2) is 0 Å². The lowest BCUT2D eigenvalue weighted by atomic mass is 9.58. The van der Waals surface area contributed by atoms with Crippen molar-refractivity contribution >= 4 is 16.5 Å². The lowest BCUT2D eigenvalue weighted by molar-refractivity contribution is 0.474. The van der Waals surface area contributed by atoms with Crippen molar-refractivity contribution in [3.8, 4) is 0 Å².